The Morgan fingerprint density at radius 3 is 2.16 bits per heavy atom. The molecule has 0 fully saturated rings. The van der Waals surface area contributed by atoms with Crippen LogP contribution >= 0.6 is 0 Å². The Morgan fingerprint density at radius 2 is 1.52 bits per heavy atom. The van der Waals surface area contributed by atoms with Crippen LogP contribution in [0.4, 0.5) is 0 Å². The molecule has 0 radical (unpaired) electrons. The number of ether oxygens (including phenoxy) is 2. The van der Waals surface area contributed by atoms with Crippen molar-refractivity contribution in [3.05, 3.63) is 59.7 Å². The fraction of sp³-hybridized carbons (Fsp3) is 0.440. The number of hydrogen-bond donors (Lipinski definition) is 2. The highest BCUT2D eigenvalue weighted by Crippen LogP contribution is 2.29. The van der Waals surface area contributed by atoms with E-state index in [-0.39, 0.29) is 6.61 Å². The maximum absolute atomic E-state index is 12.3. The Balaban J connectivity index is 1.79. The minimum absolute atomic E-state index is 0.199. The van der Waals surface area contributed by atoms with E-state index in [2.05, 4.69) is 38.5 Å². The first-order chi connectivity index (χ1) is 14.8. The minimum Gasteiger partial charge on any atom is -0.484 e. The molecule has 2 N–H and O–H groups in total. The summed E-state index contributed by atoms with van der Waals surface area (Å²) in [6.45, 7) is 9.98. The van der Waals surface area contributed by atoms with E-state index in [1.165, 1.54) is 5.56 Å². The highest BCUT2D eigenvalue weighted by molar-refractivity contribution is 5.85. The molecule has 6 heteroatoms. The van der Waals surface area contributed by atoms with Gasteiger partial charge in [-0.1, -0.05) is 58.0 Å². The Kier molecular flexibility index (Phi) is 9.38. The van der Waals surface area contributed by atoms with Crippen molar-refractivity contribution in [2.75, 3.05) is 6.61 Å². The molecule has 0 aliphatic carbocycles. The summed E-state index contributed by atoms with van der Waals surface area (Å²) < 4.78 is 11.3. The van der Waals surface area contributed by atoms with E-state index < -0.39 is 17.9 Å². The third-order valence-electron chi connectivity index (χ3n) is 5.49. The zero-order valence-corrected chi connectivity index (χ0v) is 19.1. The molecule has 0 aromatic heterocycles. The van der Waals surface area contributed by atoms with Crippen molar-refractivity contribution in [1.82, 2.24) is 10.9 Å². The SMILES string of the molecule is CCC(C)c1ccc(OCC(=O)NNC(=O)C(C)Oc2ccccc2C(C)CC)cc1. The molecule has 2 aromatic carbocycles. The molecule has 168 valence electrons. The average molecular weight is 427 g/mol. The van der Waals surface area contributed by atoms with Gasteiger partial charge < -0.3 is 9.47 Å². The third-order valence-corrected chi connectivity index (χ3v) is 5.49. The van der Waals surface area contributed by atoms with Crippen molar-refractivity contribution in [2.45, 2.75) is 65.4 Å². The predicted molar refractivity (Wildman–Crippen MR) is 122 cm³/mol. The Morgan fingerprint density at radius 1 is 0.871 bits per heavy atom. The molecule has 0 spiro atoms. The minimum atomic E-state index is -0.764. The van der Waals surface area contributed by atoms with Crippen LogP contribution in [0.5, 0.6) is 11.5 Å². The van der Waals surface area contributed by atoms with Gasteiger partial charge in [-0.05, 0) is 60.9 Å². The van der Waals surface area contributed by atoms with Gasteiger partial charge in [0.1, 0.15) is 11.5 Å². The second-order valence-electron chi connectivity index (χ2n) is 7.81. The second kappa shape index (κ2) is 12.0. The van der Waals surface area contributed by atoms with Crippen LogP contribution in [0.1, 0.15) is 70.4 Å². The van der Waals surface area contributed by atoms with E-state index in [0.29, 0.717) is 23.3 Å². The smallest absolute Gasteiger partial charge is 0.279 e. The van der Waals surface area contributed by atoms with Gasteiger partial charge in [0.15, 0.2) is 12.7 Å². The highest BCUT2D eigenvalue weighted by Gasteiger charge is 2.18. The van der Waals surface area contributed by atoms with Gasteiger partial charge >= 0.3 is 0 Å². The Bertz CT molecular complexity index is 851. The first-order valence-corrected chi connectivity index (χ1v) is 10.9. The van der Waals surface area contributed by atoms with Gasteiger partial charge in [0.2, 0.25) is 0 Å². The van der Waals surface area contributed by atoms with Crippen LogP contribution in [0.25, 0.3) is 0 Å². The topological polar surface area (TPSA) is 76.7 Å². The number of amides is 2. The van der Waals surface area contributed by atoms with Gasteiger partial charge in [0.05, 0.1) is 0 Å². The molecule has 31 heavy (non-hydrogen) atoms. The molecule has 2 rings (SSSR count). The first kappa shape index (κ1) is 24.3. The summed E-state index contributed by atoms with van der Waals surface area (Å²) >= 11 is 0. The lowest BCUT2D eigenvalue weighted by Gasteiger charge is -2.19. The third kappa shape index (κ3) is 7.31. The molecule has 0 bridgehead atoms. The quantitative estimate of drug-likeness (QED) is 0.540. The number of benzene rings is 2. The summed E-state index contributed by atoms with van der Waals surface area (Å²) in [4.78, 5) is 24.3. The first-order valence-electron chi connectivity index (χ1n) is 10.9. The molecule has 0 heterocycles. The van der Waals surface area contributed by atoms with Gasteiger partial charge in [0.25, 0.3) is 11.8 Å². The van der Waals surface area contributed by atoms with Gasteiger partial charge in [0, 0.05) is 0 Å². The normalized spacial score (nSPS) is 13.6. The van der Waals surface area contributed by atoms with Gasteiger partial charge in [-0.25, -0.2) is 0 Å². The number of carbonyl (C=O) groups is 2. The van der Waals surface area contributed by atoms with Gasteiger partial charge in [-0.15, -0.1) is 0 Å². The molecule has 3 atom stereocenters. The lowest BCUT2D eigenvalue weighted by atomic mass is 9.98. The van der Waals surface area contributed by atoms with Crippen molar-refractivity contribution < 1.29 is 19.1 Å². The molecular formula is C25H34N2O4. The molecule has 3 unspecified atom stereocenters. The molecule has 0 aliphatic heterocycles. The van der Waals surface area contributed by atoms with E-state index >= 15 is 0 Å². The fourth-order valence-electron chi connectivity index (χ4n) is 3.01. The number of carbonyl (C=O) groups excluding carboxylic acids is 2. The number of rotatable bonds is 10. The lowest BCUT2D eigenvalue weighted by Crippen LogP contribution is -2.48. The predicted octanol–water partition coefficient (Wildman–Crippen LogP) is 4.71. The summed E-state index contributed by atoms with van der Waals surface area (Å²) in [6.07, 6.45) is 1.27. The van der Waals surface area contributed by atoms with Crippen molar-refractivity contribution in [1.29, 1.82) is 0 Å². The molecular weight excluding hydrogens is 392 g/mol. The largest absolute Gasteiger partial charge is 0.484 e. The van der Waals surface area contributed by atoms with Crippen LogP contribution in [-0.4, -0.2) is 24.5 Å². The van der Waals surface area contributed by atoms with Crippen LogP contribution in [0.2, 0.25) is 0 Å². The van der Waals surface area contributed by atoms with E-state index in [1.807, 2.05) is 48.5 Å². The van der Waals surface area contributed by atoms with Crippen LogP contribution < -0.4 is 20.3 Å². The molecule has 0 saturated carbocycles. The maximum atomic E-state index is 12.3. The van der Waals surface area contributed by atoms with Crippen LogP contribution in [-0.2, 0) is 9.59 Å². The van der Waals surface area contributed by atoms with Gasteiger partial charge in [-0.2, -0.15) is 0 Å². The maximum Gasteiger partial charge on any atom is 0.279 e. The van der Waals surface area contributed by atoms with Crippen molar-refractivity contribution in [3.63, 3.8) is 0 Å². The van der Waals surface area contributed by atoms with Crippen molar-refractivity contribution in [3.8, 4) is 11.5 Å². The molecule has 2 amide bonds. The summed E-state index contributed by atoms with van der Waals surface area (Å²) in [6, 6.07) is 15.4. The van der Waals surface area contributed by atoms with Gasteiger partial charge in [-0.3, -0.25) is 20.4 Å². The number of nitrogens with one attached hydrogen (secondary N) is 2. The summed E-state index contributed by atoms with van der Waals surface area (Å²) in [5.74, 6) is 1.19. The number of hydrazine groups is 1. The Labute approximate surface area is 185 Å². The number of para-hydroxylation sites is 1. The lowest BCUT2D eigenvalue weighted by molar-refractivity contribution is -0.133. The second-order valence-corrected chi connectivity index (χ2v) is 7.81. The molecule has 6 nitrogen and oxygen atoms in total. The van der Waals surface area contributed by atoms with E-state index in [9.17, 15) is 9.59 Å². The zero-order chi connectivity index (χ0) is 22.8. The molecule has 0 aliphatic rings. The van der Waals surface area contributed by atoms with Crippen molar-refractivity contribution in [2.24, 2.45) is 0 Å². The summed E-state index contributed by atoms with van der Waals surface area (Å²) in [5.41, 5.74) is 7.04. The number of hydrogen-bond acceptors (Lipinski definition) is 4. The van der Waals surface area contributed by atoms with Crippen LogP contribution in [0, 0.1) is 0 Å². The molecule has 0 saturated heterocycles. The highest BCUT2D eigenvalue weighted by atomic mass is 16.5. The zero-order valence-electron chi connectivity index (χ0n) is 19.1. The van der Waals surface area contributed by atoms with Crippen LogP contribution in [0.15, 0.2) is 48.5 Å². The summed E-state index contributed by atoms with van der Waals surface area (Å²) in [7, 11) is 0. The fourth-order valence-corrected chi connectivity index (χ4v) is 3.01. The van der Waals surface area contributed by atoms with E-state index in [0.717, 1.165) is 18.4 Å². The van der Waals surface area contributed by atoms with E-state index in [4.69, 9.17) is 9.47 Å². The van der Waals surface area contributed by atoms with Crippen molar-refractivity contribution >= 4 is 11.8 Å². The van der Waals surface area contributed by atoms with E-state index in [1.54, 1.807) is 6.92 Å². The Hall–Kier alpha value is -3.02. The molecule has 2 aromatic rings. The standard InChI is InChI=1S/C25H34N2O4/c1-6-17(3)20-12-14-21(15-13-20)30-16-24(28)26-27-25(29)19(5)31-23-11-9-8-10-22(23)18(4)7-2/h8-15,17-19H,6-7,16H2,1-5H3,(H,26,28)(H,27,29). The monoisotopic (exact) mass is 426 g/mol. The van der Waals surface area contributed by atoms with Crippen LogP contribution in [0.3, 0.4) is 0 Å². The average Bonchev–Trinajstić information content (AvgIpc) is 2.80. The summed E-state index contributed by atoms with van der Waals surface area (Å²) in [5, 5.41) is 0.